The Bertz CT molecular complexity index is 455. The summed E-state index contributed by atoms with van der Waals surface area (Å²) < 4.78 is 0. The second-order valence-electron chi connectivity index (χ2n) is 2.43. The van der Waals surface area contributed by atoms with Gasteiger partial charge in [0.2, 0.25) is 0 Å². The van der Waals surface area contributed by atoms with Crippen molar-refractivity contribution in [2.45, 2.75) is 0 Å². The summed E-state index contributed by atoms with van der Waals surface area (Å²) in [7, 11) is 0. The van der Waals surface area contributed by atoms with Gasteiger partial charge < -0.3 is 0 Å². The largest absolute Gasteiger partial charge is 0.149 e. The van der Waals surface area contributed by atoms with Crippen LogP contribution in [0, 0.1) is 12.3 Å². The quantitative estimate of drug-likeness (QED) is 0.539. The third-order valence-electron chi connectivity index (χ3n) is 1.64. The predicted octanol–water partition coefficient (Wildman–Crippen LogP) is 1.61. The maximum absolute atomic E-state index is 5.19. The monoisotopic (exact) mass is 154 g/mol. The Morgan fingerprint density at radius 1 is 1.17 bits per heavy atom. The van der Waals surface area contributed by atoms with Crippen molar-refractivity contribution >= 4 is 10.9 Å². The summed E-state index contributed by atoms with van der Waals surface area (Å²) in [5.74, 6) is 2.45. The zero-order chi connectivity index (χ0) is 8.39. The highest BCUT2D eigenvalue weighted by Gasteiger charge is 1.94. The number of fused-ring (bicyclic) bond motifs is 1. The van der Waals surface area contributed by atoms with Gasteiger partial charge in [0.25, 0.3) is 0 Å². The van der Waals surface area contributed by atoms with E-state index >= 15 is 0 Å². The number of hydrogen-bond donors (Lipinski definition) is 0. The number of hydrogen-bond acceptors (Lipinski definition) is 2. The molecule has 0 fully saturated rings. The van der Waals surface area contributed by atoms with Crippen LogP contribution in [-0.4, -0.2) is 10.2 Å². The van der Waals surface area contributed by atoms with Crippen molar-refractivity contribution in [2.75, 3.05) is 0 Å². The van der Waals surface area contributed by atoms with E-state index in [1.807, 2.05) is 30.3 Å². The lowest BCUT2D eigenvalue weighted by Gasteiger charge is -1.94. The van der Waals surface area contributed by atoms with E-state index in [2.05, 4.69) is 16.1 Å². The molecule has 0 amide bonds. The first-order chi connectivity index (χ1) is 5.90. The first kappa shape index (κ1) is 6.81. The van der Waals surface area contributed by atoms with Gasteiger partial charge in [0, 0.05) is 5.39 Å². The number of nitrogens with zero attached hydrogens (tertiary/aromatic N) is 2. The second kappa shape index (κ2) is 2.63. The van der Waals surface area contributed by atoms with Crippen molar-refractivity contribution in [1.29, 1.82) is 0 Å². The summed E-state index contributed by atoms with van der Waals surface area (Å²) in [4.78, 5) is 0. The number of rotatable bonds is 0. The molecule has 1 aromatic heterocycles. The van der Waals surface area contributed by atoms with Crippen molar-refractivity contribution in [1.82, 2.24) is 10.2 Å². The van der Waals surface area contributed by atoms with Crippen LogP contribution in [0.4, 0.5) is 0 Å². The summed E-state index contributed by atoms with van der Waals surface area (Å²) in [5, 5.41) is 8.83. The lowest BCUT2D eigenvalue weighted by atomic mass is 10.2. The Labute approximate surface area is 70.2 Å². The van der Waals surface area contributed by atoms with Gasteiger partial charge in [-0.3, -0.25) is 0 Å². The lowest BCUT2D eigenvalue weighted by molar-refractivity contribution is 1.06. The van der Waals surface area contributed by atoms with Gasteiger partial charge in [0.1, 0.15) is 5.69 Å². The van der Waals surface area contributed by atoms with Crippen LogP contribution in [0.1, 0.15) is 5.69 Å². The normalized spacial score (nSPS) is 9.58. The summed E-state index contributed by atoms with van der Waals surface area (Å²) in [5.41, 5.74) is 1.45. The zero-order valence-corrected chi connectivity index (χ0v) is 6.36. The molecule has 0 saturated carbocycles. The minimum atomic E-state index is 0.578. The van der Waals surface area contributed by atoms with E-state index < -0.39 is 0 Å². The van der Waals surface area contributed by atoms with E-state index in [1.165, 1.54) is 0 Å². The fourth-order valence-corrected chi connectivity index (χ4v) is 1.06. The third-order valence-corrected chi connectivity index (χ3v) is 1.64. The fraction of sp³-hybridized carbons (Fsp3) is 0. The van der Waals surface area contributed by atoms with Crippen LogP contribution in [-0.2, 0) is 0 Å². The number of terminal acetylenes is 1. The van der Waals surface area contributed by atoms with Gasteiger partial charge in [-0.1, -0.05) is 18.2 Å². The van der Waals surface area contributed by atoms with Gasteiger partial charge in [-0.05, 0) is 18.1 Å². The molecular weight excluding hydrogens is 148 g/mol. The highest BCUT2D eigenvalue weighted by atomic mass is 15.1. The highest BCUT2D eigenvalue weighted by Crippen LogP contribution is 2.09. The molecule has 0 bridgehead atoms. The second-order valence-corrected chi connectivity index (χ2v) is 2.43. The van der Waals surface area contributed by atoms with Crippen molar-refractivity contribution in [2.24, 2.45) is 0 Å². The molecule has 2 nitrogen and oxygen atoms in total. The van der Waals surface area contributed by atoms with Gasteiger partial charge >= 0.3 is 0 Å². The average molecular weight is 154 g/mol. The van der Waals surface area contributed by atoms with Crippen molar-refractivity contribution in [3.8, 4) is 12.3 Å². The van der Waals surface area contributed by atoms with E-state index in [-0.39, 0.29) is 0 Å². The van der Waals surface area contributed by atoms with Gasteiger partial charge in [0.05, 0.1) is 5.52 Å². The molecular formula is C10H6N2. The third kappa shape index (κ3) is 1.02. The molecule has 2 rings (SSSR count). The van der Waals surface area contributed by atoms with Crippen LogP contribution in [0.3, 0.4) is 0 Å². The molecule has 1 aromatic carbocycles. The SMILES string of the molecule is C#Cc1cc2ccccc2nn1. The first-order valence-corrected chi connectivity index (χ1v) is 3.59. The molecule has 2 aromatic rings. The van der Waals surface area contributed by atoms with E-state index in [0.29, 0.717) is 5.69 Å². The Balaban J connectivity index is 2.78. The Morgan fingerprint density at radius 3 is 2.83 bits per heavy atom. The van der Waals surface area contributed by atoms with Gasteiger partial charge in [-0.25, -0.2) is 0 Å². The minimum Gasteiger partial charge on any atom is -0.149 e. The Hall–Kier alpha value is -1.88. The number of benzene rings is 1. The summed E-state index contributed by atoms with van der Waals surface area (Å²) in [6, 6.07) is 9.59. The van der Waals surface area contributed by atoms with E-state index in [1.54, 1.807) is 0 Å². The summed E-state index contributed by atoms with van der Waals surface area (Å²) >= 11 is 0. The van der Waals surface area contributed by atoms with E-state index in [0.717, 1.165) is 10.9 Å². The molecule has 0 atom stereocenters. The van der Waals surface area contributed by atoms with Crippen LogP contribution < -0.4 is 0 Å². The maximum atomic E-state index is 5.19. The van der Waals surface area contributed by atoms with Crippen molar-refractivity contribution in [3.63, 3.8) is 0 Å². The molecule has 2 heteroatoms. The molecule has 0 aliphatic carbocycles. The van der Waals surface area contributed by atoms with Gasteiger partial charge in [-0.15, -0.1) is 16.6 Å². The van der Waals surface area contributed by atoms with Gasteiger partial charge in [-0.2, -0.15) is 0 Å². The maximum Gasteiger partial charge on any atom is 0.136 e. The smallest absolute Gasteiger partial charge is 0.136 e. The summed E-state index contributed by atoms with van der Waals surface area (Å²) in [6.07, 6.45) is 5.19. The van der Waals surface area contributed by atoms with E-state index in [9.17, 15) is 0 Å². The van der Waals surface area contributed by atoms with Crippen molar-refractivity contribution < 1.29 is 0 Å². The molecule has 0 radical (unpaired) electrons. The molecule has 0 aliphatic rings. The Morgan fingerprint density at radius 2 is 2.00 bits per heavy atom. The molecule has 1 heterocycles. The van der Waals surface area contributed by atoms with E-state index in [4.69, 9.17) is 6.42 Å². The molecule has 56 valence electrons. The minimum absolute atomic E-state index is 0.578. The van der Waals surface area contributed by atoms with Crippen LogP contribution in [0.25, 0.3) is 10.9 Å². The zero-order valence-electron chi connectivity index (χ0n) is 6.36. The number of aromatic nitrogens is 2. The van der Waals surface area contributed by atoms with Crippen LogP contribution >= 0.6 is 0 Å². The first-order valence-electron chi connectivity index (χ1n) is 3.59. The fourth-order valence-electron chi connectivity index (χ4n) is 1.06. The molecule has 0 aliphatic heterocycles. The molecule has 0 N–H and O–H groups in total. The van der Waals surface area contributed by atoms with Crippen LogP contribution in [0.15, 0.2) is 30.3 Å². The molecule has 0 spiro atoms. The van der Waals surface area contributed by atoms with Crippen molar-refractivity contribution in [3.05, 3.63) is 36.0 Å². The van der Waals surface area contributed by atoms with Crippen LogP contribution in [0.2, 0.25) is 0 Å². The summed E-state index contributed by atoms with van der Waals surface area (Å²) in [6.45, 7) is 0. The lowest BCUT2D eigenvalue weighted by Crippen LogP contribution is -1.87. The van der Waals surface area contributed by atoms with Crippen LogP contribution in [0.5, 0.6) is 0 Å². The standard InChI is InChI=1S/C10H6N2/c1-2-9-7-8-5-3-4-6-10(8)12-11-9/h1,3-7H. The molecule has 12 heavy (non-hydrogen) atoms. The average Bonchev–Trinajstić information content (AvgIpc) is 2.17. The molecule has 0 unspecified atom stereocenters. The Kier molecular flexibility index (Phi) is 1.49. The predicted molar refractivity (Wildman–Crippen MR) is 47.5 cm³/mol. The van der Waals surface area contributed by atoms with Gasteiger partial charge in [0.15, 0.2) is 0 Å². The topological polar surface area (TPSA) is 25.8 Å². The highest BCUT2D eigenvalue weighted by molar-refractivity contribution is 5.78. The molecule has 0 saturated heterocycles.